The molecule has 0 amide bonds. The number of methoxy groups -OCH3 is 1. The van der Waals surface area contributed by atoms with E-state index in [0.717, 1.165) is 19.5 Å². The first-order valence-electron chi connectivity index (χ1n) is 6.33. The van der Waals surface area contributed by atoms with E-state index in [9.17, 15) is 9.50 Å². The summed E-state index contributed by atoms with van der Waals surface area (Å²) in [5.41, 5.74) is 0.682. The lowest BCUT2D eigenvalue weighted by Gasteiger charge is -2.18. The molecule has 2 unspecified atom stereocenters. The van der Waals surface area contributed by atoms with E-state index < -0.39 is 0 Å². The molecule has 1 N–H and O–H groups in total. The van der Waals surface area contributed by atoms with Crippen molar-refractivity contribution in [2.45, 2.75) is 26.0 Å². The Kier molecular flexibility index (Phi) is 4.19. The van der Waals surface area contributed by atoms with Gasteiger partial charge in [-0.1, -0.05) is 6.07 Å². The van der Waals surface area contributed by atoms with Gasteiger partial charge in [0.25, 0.3) is 0 Å². The summed E-state index contributed by atoms with van der Waals surface area (Å²) in [6, 6.07) is 4.96. The molecule has 3 nitrogen and oxygen atoms in total. The number of nitrogens with zero attached hydrogens (tertiary/aromatic N) is 1. The Morgan fingerprint density at radius 2 is 2.33 bits per heavy atom. The van der Waals surface area contributed by atoms with Gasteiger partial charge in [-0.05, 0) is 31.9 Å². The molecular weight excluding hydrogens is 233 g/mol. The maximum Gasteiger partial charge on any atom is 0.131 e. The summed E-state index contributed by atoms with van der Waals surface area (Å²) >= 11 is 0. The van der Waals surface area contributed by atoms with Crippen LogP contribution in [0.3, 0.4) is 0 Å². The molecule has 0 saturated carbocycles. The molecular formula is C14H20FNO2. The molecule has 1 heterocycles. The summed E-state index contributed by atoms with van der Waals surface area (Å²) < 4.78 is 18.8. The summed E-state index contributed by atoms with van der Waals surface area (Å²) in [6.07, 6.45) is 0.700. The zero-order valence-corrected chi connectivity index (χ0v) is 10.9. The molecule has 0 spiro atoms. The molecule has 100 valence electrons. The number of aliphatic hydroxyl groups excluding tert-OH is 1. The SMILES string of the molecule is COc1ccc(CN2CCC(C(C)O)C2)c(F)c1. The monoisotopic (exact) mass is 253 g/mol. The normalized spacial score (nSPS) is 22.1. The average molecular weight is 253 g/mol. The minimum atomic E-state index is -0.282. The number of aliphatic hydroxyl groups is 1. The zero-order valence-electron chi connectivity index (χ0n) is 10.9. The summed E-state index contributed by atoms with van der Waals surface area (Å²) in [7, 11) is 1.53. The van der Waals surface area contributed by atoms with Gasteiger partial charge in [-0.25, -0.2) is 4.39 Å². The van der Waals surface area contributed by atoms with Gasteiger partial charge < -0.3 is 9.84 Å². The highest BCUT2D eigenvalue weighted by Gasteiger charge is 2.26. The van der Waals surface area contributed by atoms with Crippen LogP contribution >= 0.6 is 0 Å². The molecule has 1 aromatic carbocycles. The van der Waals surface area contributed by atoms with Crippen molar-refractivity contribution in [1.29, 1.82) is 0 Å². The number of likely N-dealkylation sites (tertiary alicyclic amines) is 1. The molecule has 1 saturated heterocycles. The molecule has 0 aliphatic carbocycles. The Morgan fingerprint density at radius 3 is 2.89 bits per heavy atom. The van der Waals surface area contributed by atoms with Gasteiger partial charge in [-0.15, -0.1) is 0 Å². The predicted molar refractivity (Wildman–Crippen MR) is 68.0 cm³/mol. The summed E-state index contributed by atoms with van der Waals surface area (Å²) in [5.74, 6) is 0.626. The molecule has 0 radical (unpaired) electrons. The van der Waals surface area contributed by atoms with Crippen LogP contribution in [-0.2, 0) is 6.54 Å². The highest BCUT2D eigenvalue weighted by Crippen LogP contribution is 2.23. The van der Waals surface area contributed by atoms with E-state index in [2.05, 4.69) is 4.90 Å². The predicted octanol–water partition coefficient (Wildman–Crippen LogP) is 2.04. The van der Waals surface area contributed by atoms with Crippen LogP contribution in [-0.4, -0.2) is 36.3 Å². The molecule has 4 heteroatoms. The van der Waals surface area contributed by atoms with Gasteiger partial charge >= 0.3 is 0 Å². The first-order valence-corrected chi connectivity index (χ1v) is 6.33. The fourth-order valence-electron chi connectivity index (χ4n) is 2.42. The zero-order chi connectivity index (χ0) is 13.1. The maximum atomic E-state index is 13.8. The molecule has 1 aliphatic heterocycles. The molecule has 1 fully saturated rings. The minimum absolute atomic E-state index is 0.227. The van der Waals surface area contributed by atoms with Crippen LogP contribution in [0.1, 0.15) is 18.9 Å². The lowest BCUT2D eigenvalue weighted by atomic mass is 10.0. The third-order valence-corrected chi connectivity index (χ3v) is 3.65. The third-order valence-electron chi connectivity index (χ3n) is 3.65. The van der Waals surface area contributed by atoms with Crippen LogP contribution in [0.2, 0.25) is 0 Å². The quantitative estimate of drug-likeness (QED) is 0.891. The highest BCUT2D eigenvalue weighted by molar-refractivity contribution is 5.28. The van der Waals surface area contributed by atoms with Gasteiger partial charge in [-0.2, -0.15) is 0 Å². The van der Waals surface area contributed by atoms with E-state index in [0.29, 0.717) is 23.8 Å². The largest absolute Gasteiger partial charge is 0.497 e. The fraction of sp³-hybridized carbons (Fsp3) is 0.571. The molecule has 0 aromatic heterocycles. The van der Waals surface area contributed by atoms with Gasteiger partial charge in [0.15, 0.2) is 0 Å². The van der Waals surface area contributed by atoms with E-state index in [1.54, 1.807) is 12.1 Å². The highest BCUT2D eigenvalue weighted by atomic mass is 19.1. The van der Waals surface area contributed by atoms with E-state index in [1.165, 1.54) is 13.2 Å². The van der Waals surface area contributed by atoms with Crippen LogP contribution in [0.5, 0.6) is 5.75 Å². The molecule has 2 atom stereocenters. The van der Waals surface area contributed by atoms with E-state index in [-0.39, 0.29) is 11.9 Å². The van der Waals surface area contributed by atoms with E-state index >= 15 is 0 Å². The summed E-state index contributed by atoms with van der Waals surface area (Å²) in [5, 5.41) is 9.54. The van der Waals surface area contributed by atoms with Crippen molar-refractivity contribution in [1.82, 2.24) is 4.90 Å². The van der Waals surface area contributed by atoms with E-state index in [4.69, 9.17) is 4.74 Å². The van der Waals surface area contributed by atoms with Crippen molar-refractivity contribution in [3.05, 3.63) is 29.6 Å². The number of benzene rings is 1. The number of hydrogen-bond donors (Lipinski definition) is 1. The van der Waals surface area contributed by atoms with Gasteiger partial charge in [0.05, 0.1) is 13.2 Å². The second kappa shape index (κ2) is 5.67. The minimum Gasteiger partial charge on any atom is -0.497 e. The van der Waals surface area contributed by atoms with Crippen LogP contribution in [0.25, 0.3) is 0 Å². The summed E-state index contributed by atoms with van der Waals surface area (Å²) in [6.45, 7) is 4.17. The van der Waals surface area contributed by atoms with Gasteiger partial charge in [-0.3, -0.25) is 4.90 Å². The second-order valence-corrected chi connectivity index (χ2v) is 4.98. The fourth-order valence-corrected chi connectivity index (χ4v) is 2.42. The van der Waals surface area contributed by atoms with Crippen molar-refractivity contribution in [3.8, 4) is 5.75 Å². The lowest BCUT2D eigenvalue weighted by molar-refractivity contribution is 0.127. The first-order chi connectivity index (χ1) is 8.60. The molecule has 2 rings (SSSR count). The van der Waals surface area contributed by atoms with Gasteiger partial charge in [0.1, 0.15) is 11.6 Å². The van der Waals surface area contributed by atoms with Gasteiger partial charge in [0, 0.05) is 24.7 Å². The Bertz CT molecular complexity index is 409. The van der Waals surface area contributed by atoms with E-state index in [1.807, 2.05) is 6.92 Å². The summed E-state index contributed by atoms with van der Waals surface area (Å²) in [4.78, 5) is 2.18. The van der Waals surface area contributed by atoms with Gasteiger partial charge in [0.2, 0.25) is 0 Å². The maximum absolute atomic E-state index is 13.8. The number of rotatable bonds is 4. The van der Waals surface area contributed by atoms with Crippen LogP contribution in [0.4, 0.5) is 4.39 Å². The first kappa shape index (κ1) is 13.3. The average Bonchev–Trinajstić information content (AvgIpc) is 2.80. The van der Waals surface area contributed by atoms with Crippen molar-refractivity contribution in [2.24, 2.45) is 5.92 Å². The number of halogens is 1. The second-order valence-electron chi connectivity index (χ2n) is 4.98. The Morgan fingerprint density at radius 1 is 1.56 bits per heavy atom. The molecule has 0 bridgehead atoms. The van der Waals surface area contributed by atoms with Crippen LogP contribution in [0, 0.1) is 11.7 Å². The Balaban J connectivity index is 1.98. The van der Waals surface area contributed by atoms with Crippen molar-refractivity contribution >= 4 is 0 Å². The molecule has 1 aromatic rings. The third kappa shape index (κ3) is 3.00. The smallest absolute Gasteiger partial charge is 0.131 e. The van der Waals surface area contributed by atoms with Crippen LogP contribution in [0.15, 0.2) is 18.2 Å². The lowest BCUT2D eigenvalue weighted by Crippen LogP contribution is -2.24. The van der Waals surface area contributed by atoms with Crippen molar-refractivity contribution in [2.75, 3.05) is 20.2 Å². The van der Waals surface area contributed by atoms with Crippen molar-refractivity contribution in [3.63, 3.8) is 0 Å². The number of ether oxygens (including phenoxy) is 1. The molecule has 18 heavy (non-hydrogen) atoms. The topological polar surface area (TPSA) is 32.7 Å². The standard InChI is InChI=1S/C14H20FNO2/c1-10(17)11-5-6-16(8-11)9-12-3-4-13(18-2)7-14(12)15/h3-4,7,10-11,17H,5-6,8-9H2,1-2H3. The Hall–Kier alpha value is -1.13. The Labute approximate surface area is 107 Å². The van der Waals surface area contributed by atoms with Crippen LogP contribution < -0.4 is 4.74 Å². The number of hydrogen-bond acceptors (Lipinski definition) is 3. The molecule has 1 aliphatic rings. The van der Waals surface area contributed by atoms with Crippen molar-refractivity contribution < 1.29 is 14.2 Å².